The Hall–Kier alpha value is -1.10. The van der Waals surface area contributed by atoms with Gasteiger partial charge in [-0.15, -0.1) is 0 Å². The minimum atomic E-state index is -3.56. The van der Waals surface area contributed by atoms with Gasteiger partial charge in [0.1, 0.15) is 0 Å². The van der Waals surface area contributed by atoms with Crippen molar-refractivity contribution in [2.24, 2.45) is 0 Å². The zero-order chi connectivity index (χ0) is 23.5. The molecule has 0 radical (unpaired) electrons. The highest BCUT2D eigenvalue weighted by molar-refractivity contribution is 5.89. The summed E-state index contributed by atoms with van der Waals surface area (Å²) in [6.07, 6.45) is 8.94. The summed E-state index contributed by atoms with van der Waals surface area (Å²) >= 11 is 0. The van der Waals surface area contributed by atoms with Crippen LogP contribution >= 0.6 is 0 Å². The standard InChI is InChI=1S/C22H42O9/c1-2-3-4-5-6-7-8-9-10-11-12-13-14-15-16-19(31-22(27,28)29)21(26)30-20(25)18(24)17-23/h18-19,23-24,27-29H,2-17H2,1H3. The summed E-state index contributed by atoms with van der Waals surface area (Å²) in [6.45, 7) is 1.29. The molecule has 9 nitrogen and oxygen atoms in total. The van der Waals surface area contributed by atoms with Gasteiger partial charge in [0, 0.05) is 0 Å². The van der Waals surface area contributed by atoms with Crippen LogP contribution in [0.2, 0.25) is 0 Å². The molecule has 0 aromatic heterocycles. The smallest absolute Gasteiger partial charge is 0.393 e. The lowest BCUT2D eigenvalue weighted by Crippen LogP contribution is -2.42. The van der Waals surface area contributed by atoms with Gasteiger partial charge in [-0.05, 0) is 6.42 Å². The fourth-order valence-electron chi connectivity index (χ4n) is 3.25. The number of aliphatic hydroxyl groups is 5. The maximum atomic E-state index is 11.9. The molecule has 2 atom stereocenters. The van der Waals surface area contributed by atoms with Crippen molar-refractivity contribution < 1.29 is 44.6 Å². The number of unbranched alkanes of at least 4 members (excludes halogenated alkanes) is 13. The fourth-order valence-corrected chi connectivity index (χ4v) is 3.25. The minimum Gasteiger partial charge on any atom is -0.393 e. The molecule has 0 aromatic rings. The number of hydrogen-bond acceptors (Lipinski definition) is 9. The van der Waals surface area contributed by atoms with E-state index >= 15 is 0 Å². The SMILES string of the molecule is CCCCCCCCCCCCCCCCC(OC(O)(O)O)C(=O)OC(=O)C(O)CO. The largest absolute Gasteiger partial charge is 0.405 e. The van der Waals surface area contributed by atoms with Crippen LogP contribution in [0.25, 0.3) is 0 Å². The molecule has 9 heteroatoms. The Morgan fingerprint density at radius 1 is 0.742 bits per heavy atom. The van der Waals surface area contributed by atoms with E-state index in [1.54, 1.807) is 0 Å². The van der Waals surface area contributed by atoms with Crippen molar-refractivity contribution in [3.05, 3.63) is 0 Å². The summed E-state index contributed by atoms with van der Waals surface area (Å²) in [5, 5.41) is 44.7. The van der Waals surface area contributed by atoms with Crippen molar-refractivity contribution in [1.29, 1.82) is 0 Å². The minimum absolute atomic E-state index is 0.0111. The Kier molecular flexibility index (Phi) is 17.8. The molecule has 31 heavy (non-hydrogen) atoms. The van der Waals surface area contributed by atoms with Crippen molar-refractivity contribution >= 4 is 11.9 Å². The summed E-state index contributed by atoms with van der Waals surface area (Å²) in [5.41, 5.74) is 0. The molecular weight excluding hydrogens is 408 g/mol. The first-order valence-electron chi connectivity index (χ1n) is 11.6. The zero-order valence-corrected chi connectivity index (χ0v) is 18.8. The average Bonchev–Trinajstić information content (AvgIpc) is 2.71. The van der Waals surface area contributed by atoms with Gasteiger partial charge in [0.25, 0.3) is 0 Å². The summed E-state index contributed by atoms with van der Waals surface area (Å²) in [6, 6.07) is 0. The maximum Gasteiger partial charge on any atom is 0.405 e. The van der Waals surface area contributed by atoms with Gasteiger partial charge < -0.3 is 30.3 Å². The molecule has 184 valence electrons. The number of carbonyl (C=O) groups excluding carboxylic acids is 2. The van der Waals surface area contributed by atoms with E-state index in [1.165, 1.54) is 57.8 Å². The highest BCUT2D eigenvalue weighted by atomic mass is 16.9. The van der Waals surface area contributed by atoms with Crippen LogP contribution in [0.1, 0.15) is 103 Å². The quantitative estimate of drug-likeness (QED) is 0.0813. The monoisotopic (exact) mass is 450 g/mol. The Bertz CT molecular complexity index is 462. The first kappa shape index (κ1) is 29.9. The summed E-state index contributed by atoms with van der Waals surface area (Å²) < 4.78 is 8.76. The third-order valence-electron chi connectivity index (χ3n) is 5.03. The third kappa shape index (κ3) is 18.2. The topological polar surface area (TPSA) is 154 Å². The molecule has 0 amide bonds. The predicted octanol–water partition coefficient (Wildman–Crippen LogP) is 2.25. The molecule has 2 unspecified atom stereocenters. The van der Waals surface area contributed by atoms with Crippen LogP contribution in [-0.4, -0.2) is 62.4 Å². The highest BCUT2D eigenvalue weighted by Crippen LogP contribution is 2.16. The number of aliphatic hydroxyl groups excluding tert-OH is 2. The van der Waals surface area contributed by atoms with Crippen LogP contribution in [-0.2, 0) is 19.1 Å². The van der Waals surface area contributed by atoms with E-state index in [0.29, 0.717) is 6.42 Å². The number of carbonyl (C=O) groups is 2. The van der Waals surface area contributed by atoms with Crippen LogP contribution in [0.5, 0.6) is 0 Å². The Balaban J connectivity index is 3.93. The molecule has 0 saturated heterocycles. The summed E-state index contributed by atoms with van der Waals surface area (Å²) in [7, 11) is 0. The van der Waals surface area contributed by atoms with Gasteiger partial charge in [-0.1, -0.05) is 96.8 Å². The summed E-state index contributed by atoms with van der Waals surface area (Å²) in [5.74, 6) is -2.67. The van der Waals surface area contributed by atoms with Crippen LogP contribution in [0.3, 0.4) is 0 Å². The van der Waals surface area contributed by atoms with E-state index in [2.05, 4.69) is 16.4 Å². The van der Waals surface area contributed by atoms with E-state index in [4.69, 9.17) is 25.5 Å². The number of hydrogen-bond donors (Lipinski definition) is 5. The lowest BCUT2D eigenvalue weighted by molar-refractivity contribution is -0.463. The van der Waals surface area contributed by atoms with E-state index in [0.717, 1.165) is 25.7 Å². The molecule has 0 spiro atoms. The molecule has 0 aliphatic carbocycles. The molecule has 0 heterocycles. The van der Waals surface area contributed by atoms with Crippen LogP contribution < -0.4 is 0 Å². The second-order valence-electron chi connectivity index (χ2n) is 8.00. The Morgan fingerprint density at radius 2 is 1.16 bits per heavy atom. The molecule has 5 N–H and O–H groups in total. The number of rotatable bonds is 20. The van der Waals surface area contributed by atoms with Crippen molar-refractivity contribution in [1.82, 2.24) is 0 Å². The first-order chi connectivity index (χ1) is 14.7. The molecule has 0 fully saturated rings. The average molecular weight is 451 g/mol. The molecular formula is C22H42O9. The van der Waals surface area contributed by atoms with Gasteiger partial charge in [-0.25, -0.2) is 9.59 Å². The second kappa shape index (κ2) is 18.5. The first-order valence-corrected chi connectivity index (χ1v) is 11.6. The van der Waals surface area contributed by atoms with Crippen molar-refractivity contribution in [3.63, 3.8) is 0 Å². The third-order valence-corrected chi connectivity index (χ3v) is 5.03. The lowest BCUT2D eigenvalue weighted by atomic mass is 10.0. The Morgan fingerprint density at radius 3 is 1.55 bits per heavy atom. The number of esters is 2. The zero-order valence-electron chi connectivity index (χ0n) is 18.8. The van der Waals surface area contributed by atoms with Crippen LogP contribution in [0.4, 0.5) is 0 Å². The van der Waals surface area contributed by atoms with Gasteiger partial charge in [0.2, 0.25) is 0 Å². The molecule has 0 saturated carbocycles. The normalized spacial score (nSPS) is 13.7. The van der Waals surface area contributed by atoms with E-state index < -0.39 is 36.9 Å². The second-order valence-corrected chi connectivity index (χ2v) is 8.00. The molecule has 0 rings (SSSR count). The van der Waals surface area contributed by atoms with Gasteiger partial charge in [-0.3, -0.25) is 4.74 Å². The molecule has 0 aliphatic heterocycles. The van der Waals surface area contributed by atoms with E-state index in [9.17, 15) is 9.59 Å². The molecule has 0 aromatic carbocycles. The molecule has 0 bridgehead atoms. The van der Waals surface area contributed by atoms with Gasteiger partial charge >= 0.3 is 18.1 Å². The van der Waals surface area contributed by atoms with Gasteiger partial charge in [0.15, 0.2) is 12.2 Å². The fraction of sp³-hybridized carbons (Fsp3) is 0.909. The van der Waals surface area contributed by atoms with Crippen molar-refractivity contribution in [2.75, 3.05) is 6.61 Å². The lowest BCUT2D eigenvalue weighted by Gasteiger charge is -2.21. The van der Waals surface area contributed by atoms with E-state index in [1.807, 2.05) is 0 Å². The van der Waals surface area contributed by atoms with Crippen LogP contribution in [0, 0.1) is 0 Å². The van der Waals surface area contributed by atoms with Gasteiger partial charge in [0.05, 0.1) is 6.61 Å². The van der Waals surface area contributed by atoms with E-state index in [-0.39, 0.29) is 6.42 Å². The predicted molar refractivity (Wildman–Crippen MR) is 113 cm³/mol. The molecule has 0 aliphatic rings. The van der Waals surface area contributed by atoms with Gasteiger partial charge in [-0.2, -0.15) is 0 Å². The van der Waals surface area contributed by atoms with Crippen molar-refractivity contribution in [3.8, 4) is 0 Å². The maximum absolute atomic E-state index is 11.9. The van der Waals surface area contributed by atoms with Crippen LogP contribution in [0.15, 0.2) is 0 Å². The highest BCUT2D eigenvalue weighted by Gasteiger charge is 2.33. The van der Waals surface area contributed by atoms with Crippen molar-refractivity contribution in [2.45, 2.75) is 122 Å². The Labute approximate surface area is 185 Å². The summed E-state index contributed by atoms with van der Waals surface area (Å²) in [4.78, 5) is 23.3. The number of ether oxygens (including phenoxy) is 2.